The van der Waals surface area contributed by atoms with Crippen molar-refractivity contribution in [2.75, 3.05) is 19.8 Å². The Bertz CT molecular complexity index is 465. The Morgan fingerprint density at radius 2 is 1.90 bits per heavy atom. The van der Waals surface area contributed by atoms with Crippen molar-refractivity contribution in [3.05, 3.63) is 0 Å². The van der Waals surface area contributed by atoms with Crippen molar-refractivity contribution in [3.63, 3.8) is 0 Å². The number of alkyl halides is 3. The number of carbonyl (C=O) groups is 1. The zero-order valence-electron chi connectivity index (χ0n) is 12.4. The number of morpholine rings is 1. The molecule has 3 fully saturated rings. The molecular weight excluding hydrogens is 287 g/mol. The zero-order valence-corrected chi connectivity index (χ0v) is 12.4. The lowest BCUT2D eigenvalue weighted by Gasteiger charge is -2.45. The Morgan fingerprint density at radius 1 is 1.24 bits per heavy atom. The third-order valence-corrected chi connectivity index (χ3v) is 4.89. The van der Waals surface area contributed by atoms with E-state index in [1.165, 1.54) is 0 Å². The number of nitrogens with zero attached hydrogens (tertiary/aromatic N) is 1. The van der Waals surface area contributed by atoms with Gasteiger partial charge in [-0.1, -0.05) is 6.92 Å². The summed E-state index contributed by atoms with van der Waals surface area (Å²) in [5.74, 6) is -1.38. The summed E-state index contributed by atoms with van der Waals surface area (Å²) in [4.78, 5) is 14.1. The molecule has 3 rings (SSSR count). The van der Waals surface area contributed by atoms with Crippen LogP contribution < -0.4 is 0 Å². The SMILES string of the molecule is CC1(C)CN(C(=O)[C@H]2C[C@]2(C)C(F)(F)F)[C@@H]2COC[C@H]2O1. The van der Waals surface area contributed by atoms with Crippen LogP contribution in [0.5, 0.6) is 0 Å². The Balaban J connectivity index is 1.78. The maximum atomic E-state index is 13.0. The number of carbonyl (C=O) groups excluding carboxylic acids is 1. The molecule has 1 saturated carbocycles. The van der Waals surface area contributed by atoms with Crippen molar-refractivity contribution < 1.29 is 27.4 Å². The van der Waals surface area contributed by atoms with E-state index in [-0.39, 0.29) is 18.6 Å². The normalized spacial score (nSPS) is 41.8. The van der Waals surface area contributed by atoms with Gasteiger partial charge in [-0.2, -0.15) is 13.2 Å². The highest BCUT2D eigenvalue weighted by Crippen LogP contribution is 2.62. The van der Waals surface area contributed by atoms with Gasteiger partial charge >= 0.3 is 6.18 Å². The maximum absolute atomic E-state index is 13.0. The summed E-state index contributed by atoms with van der Waals surface area (Å²) in [6.45, 7) is 5.85. The highest BCUT2D eigenvalue weighted by Gasteiger charge is 2.71. The van der Waals surface area contributed by atoms with E-state index >= 15 is 0 Å². The first-order valence-corrected chi connectivity index (χ1v) is 7.18. The van der Waals surface area contributed by atoms with Crippen LogP contribution in [0.2, 0.25) is 0 Å². The fraction of sp³-hybridized carbons (Fsp3) is 0.929. The quantitative estimate of drug-likeness (QED) is 0.743. The standard InChI is InChI=1S/C14H20F3NO3/c1-12(2)7-18(9-5-20-6-10(9)21-12)11(19)8-4-13(8,3)14(15,16)17/h8-10H,4-7H2,1-3H3/t8-,9-,10-,13+/m1/s1. The van der Waals surface area contributed by atoms with Crippen molar-refractivity contribution >= 4 is 5.91 Å². The van der Waals surface area contributed by atoms with E-state index in [0.29, 0.717) is 19.8 Å². The average molecular weight is 307 g/mol. The van der Waals surface area contributed by atoms with Gasteiger partial charge in [0.05, 0.1) is 36.2 Å². The van der Waals surface area contributed by atoms with Crippen LogP contribution in [0, 0.1) is 11.3 Å². The van der Waals surface area contributed by atoms with Crippen LogP contribution in [0.1, 0.15) is 27.2 Å². The molecule has 0 bridgehead atoms. The van der Waals surface area contributed by atoms with E-state index < -0.39 is 29.0 Å². The third kappa shape index (κ3) is 2.34. The minimum atomic E-state index is -4.33. The number of hydrogen-bond acceptors (Lipinski definition) is 3. The van der Waals surface area contributed by atoms with Crippen LogP contribution in [0.15, 0.2) is 0 Å². The molecule has 21 heavy (non-hydrogen) atoms. The summed E-state index contributed by atoms with van der Waals surface area (Å²) < 4.78 is 50.2. The van der Waals surface area contributed by atoms with Crippen LogP contribution in [0.4, 0.5) is 13.2 Å². The van der Waals surface area contributed by atoms with Crippen molar-refractivity contribution in [3.8, 4) is 0 Å². The van der Waals surface area contributed by atoms with Gasteiger partial charge in [-0.25, -0.2) is 0 Å². The van der Waals surface area contributed by atoms with Crippen molar-refractivity contribution in [1.82, 2.24) is 4.90 Å². The number of ether oxygens (including phenoxy) is 2. The fourth-order valence-electron chi connectivity index (χ4n) is 3.38. The first kappa shape index (κ1) is 15.1. The van der Waals surface area contributed by atoms with E-state index in [1.807, 2.05) is 13.8 Å². The average Bonchev–Trinajstić information content (AvgIpc) is 2.84. The fourth-order valence-corrected chi connectivity index (χ4v) is 3.38. The minimum Gasteiger partial charge on any atom is -0.376 e. The molecule has 0 aromatic rings. The minimum absolute atomic E-state index is 0.120. The van der Waals surface area contributed by atoms with E-state index in [2.05, 4.69) is 0 Å². The molecule has 0 unspecified atom stereocenters. The van der Waals surface area contributed by atoms with Gasteiger partial charge in [-0.15, -0.1) is 0 Å². The van der Waals surface area contributed by atoms with Gasteiger partial charge in [0.2, 0.25) is 5.91 Å². The Hall–Kier alpha value is -0.820. The topological polar surface area (TPSA) is 38.8 Å². The largest absolute Gasteiger partial charge is 0.395 e. The Labute approximate surface area is 121 Å². The molecule has 0 aromatic heterocycles. The number of rotatable bonds is 1. The van der Waals surface area contributed by atoms with Gasteiger partial charge in [-0.3, -0.25) is 4.79 Å². The van der Waals surface area contributed by atoms with Gasteiger partial charge in [0.15, 0.2) is 0 Å². The van der Waals surface area contributed by atoms with Gasteiger partial charge < -0.3 is 14.4 Å². The monoisotopic (exact) mass is 307 g/mol. The molecule has 3 aliphatic rings. The molecule has 0 aromatic carbocycles. The van der Waals surface area contributed by atoms with Crippen LogP contribution >= 0.6 is 0 Å². The van der Waals surface area contributed by atoms with Crippen molar-refractivity contribution in [1.29, 1.82) is 0 Å². The summed E-state index contributed by atoms with van der Waals surface area (Å²) in [5, 5.41) is 0. The van der Waals surface area contributed by atoms with E-state index in [1.54, 1.807) is 4.90 Å². The Morgan fingerprint density at radius 3 is 2.48 bits per heavy atom. The maximum Gasteiger partial charge on any atom is 0.395 e. The second-order valence-corrected chi connectivity index (χ2v) is 7.16. The molecule has 2 aliphatic heterocycles. The smallest absolute Gasteiger partial charge is 0.376 e. The van der Waals surface area contributed by atoms with E-state index in [0.717, 1.165) is 6.92 Å². The summed E-state index contributed by atoms with van der Waals surface area (Å²) in [6.07, 6.45) is -4.69. The van der Waals surface area contributed by atoms with Crippen LogP contribution in [-0.2, 0) is 14.3 Å². The zero-order chi connectivity index (χ0) is 15.6. The van der Waals surface area contributed by atoms with Crippen molar-refractivity contribution in [2.24, 2.45) is 11.3 Å². The lowest BCUT2D eigenvalue weighted by molar-refractivity contribution is -0.193. The molecular formula is C14H20F3NO3. The predicted octanol–water partition coefficient (Wildman–Crippen LogP) is 1.98. The van der Waals surface area contributed by atoms with E-state index in [9.17, 15) is 18.0 Å². The summed E-state index contributed by atoms with van der Waals surface area (Å²) in [7, 11) is 0. The van der Waals surface area contributed by atoms with E-state index in [4.69, 9.17) is 9.47 Å². The van der Waals surface area contributed by atoms with Crippen molar-refractivity contribution in [2.45, 2.75) is 51.1 Å². The molecule has 2 heterocycles. The van der Waals surface area contributed by atoms with Gasteiger partial charge in [-0.05, 0) is 20.3 Å². The molecule has 1 amide bonds. The van der Waals surface area contributed by atoms with Gasteiger partial charge in [0.1, 0.15) is 6.10 Å². The molecule has 120 valence electrons. The molecule has 2 saturated heterocycles. The molecule has 0 radical (unpaired) electrons. The summed E-state index contributed by atoms with van der Waals surface area (Å²) in [5.41, 5.74) is -2.43. The molecule has 0 N–H and O–H groups in total. The van der Waals surface area contributed by atoms with Crippen LogP contribution in [0.3, 0.4) is 0 Å². The van der Waals surface area contributed by atoms with Gasteiger partial charge in [0.25, 0.3) is 0 Å². The third-order valence-electron chi connectivity index (χ3n) is 4.89. The highest BCUT2D eigenvalue weighted by atomic mass is 19.4. The molecule has 4 atom stereocenters. The number of hydrogen-bond donors (Lipinski definition) is 0. The predicted molar refractivity (Wildman–Crippen MR) is 67.5 cm³/mol. The second kappa shape index (κ2) is 4.35. The van der Waals surface area contributed by atoms with Gasteiger partial charge in [0, 0.05) is 6.54 Å². The number of fused-ring (bicyclic) bond motifs is 1. The first-order valence-electron chi connectivity index (χ1n) is 7.18. The number of halogens is 3. The molecule has 4 nitrogen and oxygen atoms in total. The first-order chi connectivity index (χ1) is 9.55. The lowest BCUT2D eigenvalue weighted by atomic mass is 9.98. The lowest BCUT2D eigenvalue weighted by Crippen LogP contribution is -2.60. The second-order valence-electron chi connectivity index (χ2n) is 7.16. The van der Waals surface area contributed by atoms with Crippen LogP contribution in [-0.4, -0.2) is 54.5 Å². The highest BCUT2D eigenvalue weighted by molar-refractivity contribution is 5.83. The molecule has 1 aliphatic carbocycles. The van der Waals surface area contributed by atoms with Crippen LogP contribution in [0.25, 0.3) is 0 Å². The number of amides is 1. The summed E-state index contributed by atoms with van der Waals surface area (Å²) >= 11 is 0. The Kier molecular flexibility index (Phi) is 3.12. The molecule has 7 heteroatoms. The summed E-state index contributed by atoms with van der Waals surface area (Å²) in [6, 6.07) is -0.261. The molecule has 0 spiro atoms.